The molecule has 2 N–H and O–H groups in total. The second kappa shape index (κ2) is 6.54. The van der Waals surface area contributed by atoms with Crippen LogP contribution < -0.4 is 5.32 Å². The molecule has 0 spiro atoms. The molecule has 1 rings (SSSR count). The molecule has 1 heterocycles. The van der Waals surface area contributed by atoms with Gasteiger partial charge in [0.25, 0.3) is 0 Å². The third-order valence-electron chi connectivity index (χ3n) is 2.87. The largest absolute Gasteiger partial charge is 0.396 e. The summed E-state index contributed by atoms with van der Waals surface area (Å²) in [5.74, 6) is 0.535. The van der Waals surface area contributed by atoms with Gasteiger partial charge in [0.05, 0.1) is 18.1 Å². The zero-order chi connectivity index (χ0) is 12.0. The van der Waals surface area contributed by atoms with E-state index in [1.165, 1.54) is 0 Å². The molecule has 1 aliphatic rings. The summed E-state index contributed by atoms with van der Waals surface area (Å²) in [6.45, 7) is 0.663. The van der Waals surface area contributed by atoms with E-state index in [0.29, 0.717) is 25.9 Å². The predicted octanol–water partition coefficient (Wildman–Crippen LogP) is -0.449. The average Bonchev–Trinajstić information content (AvgIpc) is 2.22. The van der Waals surface area contributed by atoms with Crippen molar-refractivity contribution in [2.24, 2.45) is 0 Å². The monoisotopic (exact) mass is 251 g/mol. The fraction of sp³-hybridized carbons (Fsp3) is 1.00. The summed E-state index contributed by atoms with van der Waals surface area (Å²) < 4.78 is 27.5. The topological polar surface area (TPSA) is 75.6 Å². The van der Waals surface area contributed by atoms with Crippen molar-refractivity contribution in [2.75, 3.05) is 31.8 Å². The summed E-state index contributed by atoms with van der Waals surface area (Å²) >= 11 is 0. The number of nitrogens with one attached hydrogen (secondary N) is 1. The Morgan fingerprint density at radius 2 is 2.06 bits per heavy atom. The summed E-state index contributed by atoms with van der Waals surface area (Å²) in [6, 6.07) is 0.344. The van der Waals surface area contributed by atoms with E-state index in [1.54, 1.807) is 7.11 Å². The zero-order valence-electron chi connectivity index (χ0n) is 9.68. The maximum atomic E-state index is 11.2. The van der Waals surface area contributed by atoms with Gasteiger partial charge in [-0.05, 0) is 19.3 Å². The van der Waals surface area contributed by atoms with Crippen LogP contribution in [0.5, 0.6) is 0 Å². The van der Waals surface area contributed by atoms with Crippen molar-refractivity contribution in [3.8, 4) is 0 Å². The third-order valence-corrected chi connectivity index (χ3v) is 4.59. The van der Waals surface area contributed by atoms with Crippen LogP contribution in [0.25, 0.3) is 0 Å². The number of aliphatic hydroxyl groups excluding tert-OH is 1. The van der Waals surface area contributed by atoms with Crippen molar-refractivity contribution in [1.82, 2.24) is 5.32 Å². The summed E-state index contributed by atoms with van der Waals surface area (Å²) in [6.07, 6.45) is 1.96. The van der Waals surface area contributed by atoms with E-state index in [4.69, 9.17) is 9.84 Å². The van der Waals surface area contributed by atoms with Crippen molar-refractivity contribution in [3.63, 3.8) is 0 Å². The van der Waals surface area contributed by atoms with E-state index in [0.717, 1.165) is 0 Å². The first-order chi connectivity index (χ1) is 7.57. The molecule has 5 nitrogen and oxygen atoms in total. The molecule has 1 fully saturated rings. The average molecular weight is 251 g/mol. The molecule has 16 heavy (non-hydrogen) atoms. The molecule has 1 saturated heterocycles. The van der Waals surface area contributed by atoms with Gasteiger partial charge in [-0.2, -0.15) is 0 Å². The van der Waals surface area contributed by atoms with E-state index in [9.17, 15) is 8.42 Å². The van der Waals surface area contributed by atoms with Crippen molar-refractivity contribution in [2.45, 2.75) is 31.3 Å². The van der Waals surface area contributed by atoms with Gasteiger partial charge in [-0.1, -0.05) is 0 Å². The fourth-order valence-electron chi connectivity index (χ4n) is 1.96. The highest BCUT2D eigenvalue weighted by molar-refractivity contribution is 7.91. The van der Waals surface area contributed by atoms with Gasteiger partial charge >= 0.3 is 0 Å². The van der Waals surface area contributed by atoms with Gasteiger partial charge in [0.1, 0.15) is 9.84 Å². The summed E-state index contributed by atoms with van der Waals surface area (Å²) in [7, 11) is -1.17. The number of methoxy groups -OCH3 is 1. The van der Waals surface area contributed by atoms with Crippen LogP contribution in [-0.4, -0.2) is 57.4 Å². The first-order valence-corrected chi connectivity index (χ1v) is 7.46. The zero-order valence-corrected chi connectivity index (χ0v) is 10.5. The fourth-order valence-corrected chi connectivity index (χ4v) is 3.45. The Morgan fingerprint density at radius 1 is 1.44 bits per heavy atom. The highest BCUT2D eigenvalue weighted by Gasteiger charge is 2.25. The number of sulfone groups is 1. The van der Waals surface area contributed by atoms with Crippen LogP contribution in [0.2, 0.25) is 0 Å². The van der Waals surface area contributed by atoms with Crippen molar-refractivity contribution < 1.29 is 18.3 Å². The molecule has 0 saturated carbocycles. The molecule has 0 aromatic rings. The number of ether oxygens (including phenoxy) is 1. The Balaban J connectivity index is 2.35. The van der Waals surface area contributed by atoms with E-state index in [1.807, 2.05) is 0 Å². The lowest BCUT2D eigenvalue weighted by Crippen LogP contribution is -2.45. The molecule has 0 radical (unpaired) electrons. The van der Waals surface area contributed by atoms with E-state index in [-0.39, 0.29) is 30.2 Å². The van der Waals surface area contributed by atoms with E-state index >= 15 is 0 Å². The van der Waals surface area contributed by atoms with E-state index < -0.39 is 9.84 Å². The highest BCUT2D eigenvalue weighted by Crippen LogP contribution is 2.13. The molecular formula is C10H21NO4S. The SMILES string of the molecule is COCC(CCO)NC1CCS(=O)(=O)CC1. The maximum Gasteiger partial charge on any atom is 0.150 e. The Labute approximate surface area is 97.1 Å². The van der Waals surface area contributed by atoms with E-state index in [2.05, 4.69) is 5.32 Å². The van der Waals surface area contributed by atoms with Crippen molar-refractivity contribution in [1.29, 1.82) is 0 Å². The Morgan fingerprint density at radius 3 is 2.56 bits per heavy atom. The minimum absolute atomic E-state index is 0.112. The van der Waals surface area contributed by atoms with Crippen LogP contribution in [-0.2, 0) is 14.6 Å². The van der Waals surface area contributed by atoms with Crippen molar-refractivity contribution in [3.05, 3.63) is 0 Å². The minimum atomic E-state index is -2.80. The van der Waals surface area contributed by atoms with Crippen LogP contribution in [0.1, 0.15) is 19.3 Å². The molecule has 0 aliphatic carbocycles. The van der Waals surface area contributed by atoms with Gasteiger partial charge in [0, 0.05) is 25.8 Å². The number of hydrogen-bond acceptors (Lipinski definition) is 5. The molecule has 1 atom stereocenters. The molecule has 0 amide bonds. The molecule has 6 heteroatoms. The molecule has 96 valence electrons. The lowest BCUT2D eigenvalue weighted by molar-refractivity contribution is 0.141. The maximum absolute atomic E-state index is 11.2. The summed E-state index contributed by atoms with van der Waals surface area (Å²) in [5.41, 5.74) is 0. The van der Waals surface area contributed by atoms with Gasteiger partial charge in [0.15, 0.2) is 0 Å². The molecule has 0 aromatic heterocycles. The molecule has 0 aromatic carbocycles. The molecule has 1 aliphatic heterocycles. The van der Waals surface area contributed by atoms with Gasteiger partial charge in [0.2, 0.25) is 0 Å². The lowest BCUT2D eigenvalue weighted by atomic mass is 10.1. The standard InChI is InChI=1S/C10H21NO4S/c1-15-8-10(2-5-12)11-9-3-6-16(13,14)7-4-9/h9-12H,2-8H2,1H3. The van der Waals surface area contributed by atoms with Crippen LogP contribution in [0.4, 0.5) is 0 Å². The van der Waals surface area contributed by atoms with Crippen molar-refractivity contribution >= 4 is 9.84 Å². The predicted molar refractivity (Wildman–Crippen MR) is 62.2 cm³/mol. The van der Waals surface area contributed by atoms with Gasteiger partial charge in [-0.25, -0.2) is 8.42 Å². The Bertz CT molecular complexity index is 271. The van der Waals surface area contributed by atoms with Gasteiger partial charge in [-0.15, -0.1) is 0 Å². The quantitative estimate of drug-likeness (QED) is 0.669. The number of rotatable bonds is 6. The highest BCUT2D eigenvalue weighted by atomic mass is 32.2. The summed E-state index contributed by atoms with van der Waals surface area (Å²) in [5, 5.41) is 12.2. The van der Waals surface area contributed by atoms with Crippen LogP contribution >= 0.6 is 0 Å². The van der Waals surface area contributed by atoms with Gasteiger partial charge < -0.3 is 15.2 Å². The smallest absolute Gasteiger partial charge is 0.150 e. The van der Waals surface area contributed by atoms with Crippen LogP contribution in [0.3, 0.4) is 0 Å². The minimum Gasteiger partial charge on any atom is -0.396 e. The molecule has 1 unspecified atom stereocenters. The second-order valence-corrected chi connectivity index (χ2v) is 6.56. The third kappa shape index (κ3) is 4.78. The second-order valence-electron chi connectivity index (χ2n) is 4.26. The Hall–Kier alpha value is -0.170. The van der Waals surface area contributed by atoms with Crippen LogP contribution in [0, 0.1) is 0 Å². The van der Waals surface area contributed by atoms with Gasteiger partial charge in [-0.3, -0.25) is 0 Å². The molecular weight excluding hydrogens is 230 g/mol. The molecule has 0 bridgehead atoms. The van der Waals surface area contributed by atoms with Crippen LogP contribution in [0.15, 0.2) is 0 Å². The summed E-state index contributed by atoms with van der Waals surface area (Å²) in [4.78, 5) is 0. The first kappa shape index (κ1) is 13.9. The Kier molecular flexibility index (Phi) is 5.68. The number of aliphatic hydroxyl groups is 1. The lowest BCUT2D eigenvalue weighted by Gasteiger charge is -2.27. The normalized spacial score (nSPS) is 23.1. The number of hydrogen-bond donors (Lipinski definition) is 2. The first-order valence-electron chi connectivity index (χ1n) is 5.63.